The van der Waals surface area contributed by atoms with Gasteiger partial charge in [-0.2, -0.15) is 0 Å². The molecule has 1 heterocycles. The van der Waals surface area contributed by atoms with E-state index in [0.29, 0.717) is 5.02 Å². The molecule has 0 atom stereocenters. The molecular weight excluding hydrogens is 314 g/mol. The van der Waals surface area contributed by atoms with Crippen molar-refractivity contribution in [3.05, 3.63) is 44.9 Å². The molecule has 0 N–H and O–H groups in total. The minimum absolute atomic E-state index is 0.680. The highest BCUT2D eigenvalue weighted by Crippen LogP contribution is 2.37. The Morgan fingerprint density at radius 2 is 1.93 bits per heavy atom. The fourth-order valence-electron chi connectivity index (χ4n) is 1.32. The number of hydrogen-bond acceptors (Lipinski definition) is 2. The van der Waals surface area contributed by atoms with Gasteiger partial charge in [-0.05, 0) is 34.7 Å². The lowest BCUT2D eigenvalue weighted by Crippen LogP contribution is -2.22. The van der Waals surface area contributed by atoms with Crippen LogP contribution in [0.2, 0.25) is 5.02 Å². The molecule has 0 saturated heterocycles. The van der Waals surface area contributed by atoms with Crippen molar-refractivity contribution in [3.63, 3.8) is 0 Å². The second kappa shape index (κ2) is 3.62. The van der Waals surface area contributed by atoms with E-state index in [9.17, 15) is 0 Å². The maximum absolute atomic E-state index is 6.17. The predicted molar refractivity (Wildman–Crippen MR) is 62.8 cm³/mol. The van der Waals surface area contributed by atoms with Gasteiger partial charge in [-0.25, -0.2) is 0 Å². The van der Waals surface area contributed by atoms with E-state index in [-0.39, 0.29) is 0 Å². The van der Waals surface area contributed by atoms with Crippen LogP contribution in [-0.4, -0.2) is 0 Å². The highest BCUT2D eigenvalue weighted by molar-refractivity contribution is 14.1. The van der Waals surface area contributed by atoms with Crippen molar-refractivity contribution < 1.29 is 9.47 Å². The highest BCUT2D eigenvalue weighted by atomic mass is 127. The maximum Gasteiger partial charge on any atom is 0.275 e. The van der Waals surface area contributed by atoms with Crippen LogP contribution in [0.5, 0.6) is 0 Å². The van der Waals surface area contributed by atoms with E-state index in [2.05, 4.69) is 22.6 Å². The zero-order valence-corrected chi connectivity index (χ0v) is 10.4. The number of ether oxygens (including phenoxy) is 2. The lowest BCUT2D eigenvalue weighted by Gasteiger charge is -2.24. The van der Waals surface area contributed by atoms with Crippen molar-refractivity contribution in [2.24, 2.45) is 0 Å². The first-order chi connectivity index (χ1) is 6.63. The van der Waals surface area contributed by atoms with E-state index >= 15 is 0 Å². The molecule has 14 heavy (non-hydrogen) atoms. The Kier molecular flexibility index (Phi) is 2.62. The normalized spacial score (nSPS) is 17.6. The third-order valence-corrected chi connectivity index (χ3v) is 3.71. The number of hydrogen-bond donors (Lipinski definition) is 0. The first kappa shape index (κ1) is 10.1. The van der Waals surface area contributed by atoms with Crippen LogP contribution in [0.15, 0.2) is 30.7 Å². The van der Waals surface area contributed by atoms with E-state index < -0.39 is 5.79 Å². The first-order valence-electron chi connectivity index (χ1n) is 4.08. The Hall–Kier alpha value is -0.420. The van der Waals surface area contributed by atoms with Crippen molar-refractivity contribution in [2.45, 2.75) is 12.7 Å². The van der Waals surface area contributed by atoms with Gasteiger partial charge in [0.1, 0.15) is 12.5 Å². The fraction of sp³-hybridized carbons (Fsp3) is 0.200. The molecular formula is C10H8ClIO2. The van der Waals surface area contributed by atoms with E-state index in [4.69, 9.17) is 21.1 Å². The maximum atomic E-state index is 6.17. The number of halogens is 2. The molecule has 4 heteroatoms. The molecule has 0 aliphatic carbocycles. The summed E-state index contributed by atoms with van der Waals surface area (Å²) in [5.41, 5.74) is 0.844. The second-order valence-electron chi connectivity index (χ2n) is 3.05. The first-order valence-corrected chi connectivity index (χ1v) is 5.54. The number of rotatable bonds is 1. The van der Waals surface area contributed by atoms with E-state index in [1.165, 1.54) is 12.5 Å². The van der Waals surface area contributed by atoms with Crippen LogP contribution in [0.25, 0.3) is 0 Å². The SMILES string of the molecule is CC1(c2cccc(I)c2Cl)OC=CO1. The average molecular weight is 323 g/mol. The zero-order chi connectivity index (χ0) is 10.2. The van der Waals surface area contributed by atoms with Gasteiger partial charge in [-0.1, -0.05) is 17.7 Å². The minimum Gasteiger partial charge on any atom is -0.453 e. The molecule has 1 aromatic carbocycles. The van der Waals surface area contributed by atoms with Crippen LogP contribution >= 0.6 is 34.2 Å². The molecule has 1 aliphatic heterocycles. The molecule has 2 rings (SSSR count). The molecule has 0 spiro atoms. The van der Waals surface area contributed by atoms with Gasteiger partial charge in [0, 0.05) is 10.5 Å². The minimum atomic E-state index is -0.779. The largest absolute Gasteiger partial charge is 0.453 e. The standard InChI is InChI=1S/C10H8ClIO2/c1-10(13-5-6-14-10)7-3-2-4-8(12)9(7)11/h2-6H,1H3. The smallest absolute Gasteiger partial charge is 0.275 e. The summed E-state index contributed by atoms with van der Waals surface area (Å²) >= 11 is 8.35. The summed E-state index contributed by atoms with van der Waals surface area (Å²) in [6.07, 6.45) is 3.05. The molecule has 0 aromatic heterocycles. The quantitative estimate of drug-likeness (QED) is 0.735. The van der Waals surface area contributed by atoms with Gasteiger partial charge in [0.05, 0.1) is 10.6 Å². The molecule has 0 radical (unpaired) electrons. The fourth-order valence-corrected chi connectivity index (χ4v) is 2.12. The number of benzene rings is 1. The molecule has 0 unspecified atom stereocenters. The summed E-state index contributed by atoms with van der Waals surface area (Å²) in [4.78, 5) is 0. The Morgan fingerprint density at radius 1 is 1.29 bits per heavy atom. The van der Waals surface area contributed by atoms with Gasteiger partial charge in [-0.15, -0.1) is 0 Å². The lowest BCUT2D eigenvalue weighted by molar-refractivity contribution is -0.133. The van der Waals surface area contributed by atoms with Crippen molar-refractivity contribution in [1.82, 2.24) is 0 Å². The Morgan fingerprint density at radius 3 is 2.57 bits per heavy atom. The summed E-state index contributed by atoms with van der Waals surface area (Å²) in [5.74, 6) is -0.779. The Balaban J connectivity index is 2.46. The lowest BCUT2D eigenvalue weighted by atomic mass is 10.1. The molecule has 1 aromatic rings. The van der Waals surface area contributed by atoms with Gasteiger partial charge in [0.15, 0.2) is 0 Å². The summed E-state index contributed by atoms with van der Waals surface area (Å²) in [6, 6.07) is 5.77. The monoisotopic (exact) mass is 322 g/mol. The Labute approximate surface area is 101 Å². The van der Waals surface area contributed by atoms with Crippen LogP contribution in [-0.2, 0) is 15.3 Å². The van der Waals surface area contributed by atoms with Crippen molar-refractivity contribution >= 4 is 34.2 Å². The second-order valence-corrected chi connectivity index (χ2v) is 4.60. The van der Waals surface area contributed by atoms with Gasteiger partial charge in [0.25, 0.3) is 5.79 Å². The molecule has 1 aliphatic rings. The molecule has 74 valence electrons. The molecule has 0 bridgehead atoms. The van der Waals surface area contributed by atoms with Gasteiger partial charge >= 0.3 is 0 Å². The van der Waals surface area contributed by atoms with Crippen molar-refractivity contribution in [1.29, 1.82) is 0 Å². The average Bonchev–Trinajstić information content (AvgIpc) is 2.58. The van der Waals surface area contributed by atoms with Crippen molar-refractivity contribution in [2.75, 3.05) is 0 Å². The van der Waals surface area contributed by atoms with Gasteiger partial charge < -0.3 is 9.47 Å². The van der Waals surface area contributed by atoms with Crippen LogP contribution < -0.4 is 0 Å². The zero-order valence-electron chi connectivity index (χ0n) is 7.46. The van der Waals surface area contributed by atoms with Crippen molar-refractivity contribution in [3.8, 4) is 0 Å². The van der Waals surface area contributed by atoms with Crippen LogP contribution in [0.4, 0.5) is 0 Å². The van der Waals surface area contributed by atoms with Crippen LogP contribution in [0, 0.1) is 3.57 Å². The van der Waals surface area contributed by atoms with Gasteiger partial charge in [-0.3, -0.25) is 0 Å². The predicted octanol–water partition coefficient (Wildman–Crippen LogP) is 3.64. The summed E-state index contributed by atoms with van der Waals surface area (Å²) < 4.78 is 11.7. The Bertz CT molecular complexity index is 382. The third kappa shape index (κ3) is 1.59. The topological polar surface area (TPSA) is 18.5 Å². The highest BCUT2D eigenvalue weighted by Gasteiger charge is 2.34. The molecule has 0 saturated carbocycles. The molecule has 0 fully saturated rings. The summed E-state index contributed by atoms with van der Waals surface area (Å²) in [6.45, 7) is 1.84. The molecule has 0 amide bonds. The molecule has 2 nitrogen and oxygen atoms in total. The van der Waals surface area contributed by atoms with Gasteiger partial charge in [0.2, 0.25) is 0 Å². The third-order valence-electron chi connectivity index (χ3n) is 2.08. The van der Waals surface area contributed by atoms with E-state index in [0.717, 1.165) is 9.13 Å². The van der Waals surface area contributed by atoms with E-state index in [1.807, 2.05) is 25.1 Å². The summed E-state index contributed by atoms with van der Waals surface area (Å²) in [5, 5.41) is 0.680. The van der Waals surface area contributed by atoms with Crippen LogP contribution in [0.3, 0.4) is 0 Å². The summed E-state index contributed by atoms with van der Waals surface area (Å²) in [7, 11) is 0. The van der Waals surface area contributed by atoms with Crippen LogP contribution in [0.1, 0.15) is 12.5 Å². The van der Waals surface area contributed by atoms with E-state index in [1.54, 1.807) is 0 Å².